The van der Waals surface area contributed by atoms with Crippen LogP contribution in [0.1, 0.15) is 23.2 Å². The standard InChI is InChI=1S/C12H14N2O3S/c1-18-10-8(3-2-6-13-10)9(15)14-7-12(4-5-12)11(16)17/h2-3,6H,4-5,7H2,1H3,(H,14,15)(H,16,17). The number of carboxylic acids is 1. The number of carbonyl (C=O) groups is 2. The van der Waals surface area contributed by atoms with Crippen molar-refractivity contribution in [3.63, 3.8) is 0 Å². The average Bonchev–Trinajstić information content (AvgIpc) is 3.17. The van der Waals surface area contributed by atoms with Crippen LogP contribution in [0.15, 0.2) is 23.4 Å². The van der Waals surface area contributed by atoms with Crippen molar-refractivity contribution in [3.8, 4) is 0 Å². The Morgan fingerprint density at radius 3 is 2.83 bits per heavy atom. The van der Waals surface area contributed by atoms with Crippen molar-refractivity contribution in [2.75, 3.05) is 12.8 Å². The molecule has 0 aliphatic heterocycles. The van der Waals surface area contributed by atoms with Gasteiger partial charge < -0.3 is 10.4 Å². The summed E-state index contributed by atoms with van der Waals surface area (Å²) in [4.78, 5) is 27.1. The van der Waals surface area contributed by atoms with Gasteiger partial charge in [-0.1, -0.05) is 0 Å². The van der Waals surface area contributed by atoms with Gasteiger partial charge in [-0.3, -0.25) is 9.59 Å². The highest BCUT2D eigenvalue weighted by molar-refractivity contribution is 7.98. The third-order valence-electron chi connectivity index (χ3n) is 3.10. The van der Waals surface area contributed by atoms with Crippen molar-refractivity contribution in [2.24, 2.45) is 5.41 Å². The number of hydrogen-bond donors (Lipinski definition) is 2. The number of aliphatic carboxylic acids is 1. The van der Waals surface area contributed by atoms with E-state index in [-0.39, 0.29) is 12.5 Å². The van der Waals surface area contributed by atoms with Crippen LogP contribution in [-0.4, -0.2) is 34.8 Å². The van der Waals surface area contributed by atoms with Gasteiger partial charge in [-0.25, -0.2) is 4.98 Å². The van der Waals surface area contributed by atoms with E-state index in [9.17, 15) is 9.59 Å². The molecule has 0 aromatic carbocycles. The number of carboxylic acid groups (broad SMARTS) is 1. The molecule has 0 saturated heterocycles. The number of aromatic nitrogens is 1. The number of nitrogens with zero attached hydrogens (tertiary/aromatic N) is 1. The Balaban J connectivity index is 2.02. The Hall–Kier alpha value is -1.56. The largest absolute Gasteiger partial charge is 0.481 e. The first kappa shape index (κ1) is 12.9. The van der Waals surface area contributed by atoms with Crippen LogP contribution in [0.2, 0.25) is 0 Å². The van der Waals surface area contributed by atoms with Crippen molar-refractivity contribution in [2.45, 2.75) is 17.9 Å². The summed E-state index contributed by atoms with van der Waals surface area (Å²) in [5.41, 5.74) is -0.247. The number of nitrogens with one attached hydrogen (secondary N) is 1. The third kappa shape index (κ3) is 2.48. The molecule has 1 aliphatic carbocycles. The van der Waals surface area contributed by atoms with Crippen LogP contribution in [0, 0.1) is 5.41 Å². The minimum Gasteiger partial charge on any atom is -0.481 e. The lowest BCUT2D eigenvalue weighted by molar-refractivity contribution is -0.143. The van der Waals surface area contributed by atoms with Crippen LogP contribution < -0.4 is 5.32 Å². The molecule has 2 rings (SSSR count). The second-order valence-electron chi connectivity index (χ2n) is 4.33. The molecule has 0 atom stereocenters. The van der Waals surface area contributed by atoms with E-state index in [4.69, 9.17) is 5.11 Å². The van der Waals surface area contributed by atoms with E-state index >= 15 is 0 Å². The fraction of sp³-hybridized carbons (Fsp3) is 0.417. The molecule has 1 amide bonds. The maximum Gasteiger partial charge on any atom is 0.311 e. The summed E-state index contributed by atoms with van der Waals surface area (Å²) in [7, 11) is 0. The van der Waals surface area contributed by atoms with Gasteiger partial charge in [0.1, 0.15) is 5.03 Å². The van der Waals surface area contributed by atoms with Gasteiger partial charge in [0.25, 0.3) is 5.91 Å². The lowest BCUT2D eigenvalue weighted by Gasteiger charge is -2.12. The van der Waals surface area contributed by atoms with Gasteiger partial charge in [-0.05, 0) is 31.2 Å². The molecule has 1 aromatic rings. The van der Waals surface area contributed by atoms with Crippen LogP contribution in [-0.2, 0) is 4.79 Å². The summed E-state index contributed by atoms with van der Waals surface area (Å²) in [6, 6.07) is 3.38. The van der Waals surface area contributed by atoms with Gasteiger partial charge in [0.2, 0.25) is 0 Å². The van der Waals surface area contributed by atoms with Crippen LogP contribution in [0.4, 0.5) is 0 Å². The van der Waals surface area contributed by atoms with Crippen molar-refractivity contribution in [1.82, 2.24) is 10.3 Å². The van der Waals surface area contributed by atoms with Crippen molar-refractivity contribution in [3.05, 3.63) is 23.9 Å². The Labute approximate surface area is 109 Å². The molecule has 5 nitrogen and oxygen atoms in total. The number of rotatable bonds is 5. The molecule has 6 heteroatoms. The summed E-state index contributed by atoms with van der Waals surface area (Å²) in [5.74, 6) is -1.10. The zero-order valence-electron chi connectivity index (χ0n) is 9.97. The molecular formula is C12H14N2O3S. The summed E-state index contributed by atoms with van der Waals surface area (Å²) in [5, 5.41) is 12.4. The zero-order chi connectivity index (χ0) is 13.2. The molecule has 1 saturated carbocycles. The topological polar surface area (TPSA) is 79.3 Å². The minimum absolute atomic E-state index is 0.184. The maximum atomic E-state index is 12.0. The fourth-order valence-electron chi connectivity index (χ4n) is 1.69. The Kier molecular flexibility index (Phi) is 3.56. The highest BCUT2D eigenvalue weighted by Gasteiger charge is 2.50. The van der Waals surface area contributed by atoms with Crippen LogP contribution >= 0.6 is 11.8 Å². The molecule has 1 heterocycles. The predicted octanol–water partition coefficient (Wildman–Crippen LogP) is 1.40. The Bertz CT molecular complexity index is 486. The van der Waals surface area contributed by atoms with E-state index in [1.807, 2.05) is 6.26 Å². The molecular weight excluding hydrogens is 252 g/mol. The molecule has 1 aliphatic rings. The Morgan fingerprint density at radius 2 is 2.28 bits per heavy atom. The van der Waals surface area contributed by atoms with Gasteiger partial charge >= 0.3 is 5.97 Å². The first-order valence-corrected chi connectivity index (χ1v) is 6.82. The van der Waals surface area contributed by atoms with E-state index in [0.29, 0.717) is 23.4 Å². The van der Waals surface area contributed by atoms with E-state index in [1.165, 1.54) is 11.8 Å². The van der Waals surface area contributed by atoms with Crippen LogP contribution in [0.25, 0.3) is 0 Å². The molecule has 1 fully saturated rings. The third-order valence-corrected chi connectivity index (χ3v) is 3.82. The normalized spacial score (nSPS) is 16.1. The lowest BCUT2D eigenvalue weighted by atomic mass is 10.1. The van der Waals surface area contributed by atoms with E-state index < -0.39 is 11.4 Å². The highest BCUT2D eigenvalue weighted by Crippen LogP contribution is 2.45. The van der Waals surface area contributed by atoms with E-state index in [0.717, 1.165) is 0 Å². The van der Waals surface area contributed by atoms with Gasteiger partial charge in [0.05, 0.1) is 11.0 Å². The number of amides is 1. The summed E-state index contributed by atoms with van der Waals surface area (Å²) in [6.07, 6.45) is 4.73. The number of hydrogen-bond acceptors (Lipinski definition) is 4. The quantitative estimate of drug-likeness (QED) is 0.787. The van der Waals surface area contributed by atoms with Crippen LogP contribution in [0.5, 0.6) is 0 Å². The van der Waals surface area contributed by atoms with Gasteiger partial charge in [0.15, 0.2) is 0 Å². The molecule has 0 bridgehead atoms. The minimum atomic E-state index is -0.834. The SMILES string of the molecule is CSc1ncccc1C(=O)NCC1(C(=O)O)CC1. The van der Waals surface area contributed by atoms with Gasteiger partial charge in [-0.2, -0.15) is 0 Å². The smallest absolute Gasteiger partial charge is 0.311 e. The molecule has 0 radical (unpaired) electrons. The first-order valence-electron chi connectivity index (χ1n) is 5.60. The predicted molar refractivity (Wildman–Crippen MR) is 67.7 cm³/mol. The summed E-state index contributed by atoms with van der Waals surface area (Å²) >= 11 is 1.39. The molecule has 0 spiro atoms. The number of carbonyl (C=O) groups excluding carboxylic acids is 1. The summed E-state index contributed by atoms with van der Waals surface area (Å²) in [6.45, 7) is 0.184. The molecule has 96 valence electrons. The van der Waals surface area contributed by atoms with Crippen LogP contribution in [0.3, 0.4) is 0 Å². The highest BCUT2D eigenvalue weighted by atomic mass is 32.2. The molecule has 18 heavy (non-hydrogen) atoms. The van der Waals surface area contributed by atoms with Gasteiger partial charge in [-0.15, -0.1) is 11.8 Å². The number of thioether (sulfide) groups is 1. The van der Waals surface area contributed by atoms with E-state index in [1.54, 1.807) is 18.3 Å². The van der Waals surface area contributed by atoms with E-state index in [2.05, 4.69) is 10.3 Å². The van der Waals surface area contributed by atoms with Crippen molar-refractivity contribution < 1.29 is 14.7 Å². The van der Waals surface area contributed by atoms with Crippen molar-refractivity contribution in [1.29, 1.82) is 0 Å². The monoisotopic (exact) mass is 266 g/mol. The molecule has 1 aromatic heterocycles. The maximum absolute atomic E-state index is 12.0. The zero-order valence-corrected chi connectivity index (χ0v) is 10.8. The summed E-state index contributed by atoms with van der Waals surface area (Å²) < 4.78 is 0. The molecule has 0 unspecified atom stereocenters. The van der Waals surface area contributed by atoms with Crippen molar-refractivity contribution >= 4 is 23.6 Å². The van der Waals surface area contributed by atoms with Gasteiger partial charge in [0, 0.05) is 12.7 Å². The fourth-order valence-corrected chi connectivity index (χ4v) is 2.24. The Morgan fingerprint density at radius 1 is 1.56 bits per heavy atom. The molecule has 2 N–H and O–H groups in total. The lowest BCUT2D eigenvalue weighted by Crippen LogP contribution is -2.34. The number of pyridine rings is 1. The first-order chi connectivity index (χ1) is 8.59. The average molecular weight is 266 g/mol. The second kappa shape index (κ2) is 4.97. The second-order valence-corrected chi connectivity index (χ2v) is 5.12.